The van der Waals surface area contributed by atoms with Crippen LogP contribution in [0.3, 0.4) is 0 Å². The largest absolute Gasteiger partial charge is 0.394 e. The van der Waals surface area contributed by atoms with Gasteiger partial charge in [-0.25, -0.2) is 0 Å². The van der Waals surface area contributed by atoms with Crippen LogP contribution in [-0.4, -0.2) is 193 Å². The number of ether oxygens (including phenoxy) is 6. The van der Waals surface area contributed by atoms with Crippen LogP contribution in [0.5, 0.6) is 0 Å². The van der Waals surface area contributed by atoms with Gasteiger partial charge in [0, 0.05) is 6.42 Å². The van der Waals surface area contributed by atoms with E-state index in [9.17, 15) is 61.0 Å². The topological polar surface area (TPSA) is 307 Å². The molecule has 0 spiro atoms. The molecule has 0 aromatic carbocycles. The summed E-state index contributed by atoms with van der Waals surface area (Å²) in [5.41, 5.74) is 0. The minimum atomic E-state index is -1.97. The fraction of sp³-hybridized carbons (Fsp3) is 0.957. The van der Waals surface area contributed by atoms with E-state index in [1.807, 2.05) is 6.08 Å². The molecule has 0 saturated carbocycles. The number of allylic oxidation sites excluding steroid dienone is 1. The minimum Gasteiger partial charge on any atom is -0.394 e. The average molecular weight is 1280 g/mol. The monoisotopic (exact) mass is 1280 g/mol. The first-order chi connectivity index (χ1) is 43.3. The van der Waals surface area contributed by atoms with Crippen molar-refractivity contribution < 1.29 is 89.4 Å². The molecule has 89 heavy (non-hydrogen) atoms. The molecule has 3 fully saturated rings. The Morgan fingerprint density at radius 3 is 1.04 bits per heavy atom. The molecule has 3 saturated heterocycles. The number of aliphatic hydroxyl groups is 11. The number of aliphatic hydroxyl groups excluding tert-OH is 11. The number of hydrogen-bond donors (Lipinski definition) is 12. The minimum absolute atomic E-state index is 0.247. The van der Waals surface area contributed by atoms with Crippen molar-refractivity contribution in [1.82, 2.24) is 5.32 Å². The lowest BCUT2D eigenvalue weighted by molar-refractivity contribution is -0.379. The molecule has 1 amide bonds. The first-order valence-electron chi connectivity index (χ1n) is 36.4. The third kappa shape index (κ3) is 34.7. The molecule has 0 radical (unpaired) electrons. The molecule has 0 bridgehead atoms. The number of amides is 1. The molecule has 17 atom stereocenters. The highest BCUT2D eigenvalue weighted by Gasteiger charge is 2.53. The molecule has 3 aliphatic rings. The molecular weight excluding hydrogens is 1140 g/mol. The van der Waals surface area contributed by atoms with Crippen molar-refractivity contribution in [3.05, 3.63) is 12.2 Å². The zero-order chi connectivity index (χ0) is 64.7. The molecule has 3 rings (SSSR count). The molecular formula is C70H133NO18. The lowest BCUT2D eigenvalue weighted by Gasteiger charge is -2.48. The van der Waals surface area contributed by atoms with Crippen molar-refractivity contribution in [2.45, 2.75) is 401 Å². The Balaban J connectivity index is 1.18. The smallest absolute Gasteiger partial charge is 0.220 e. The van der Waals surface area contributed by atoms with E-state index >= 15 is 0 Å². The van der Waals surface area contributed by atoms with Crippen LogP contribution in [0.1, 0.15) is 296 Å². The van der Waals surface area contributed by atoms with Gasteiger partial charge in [-0.05, 0) is 12.8 Å². The molecule has 0 aromatic rings. The van der Waals surface area contributed by atoms with Crippen LogP contribution in [-0.2, 0) is 33.2 Å². The fourth-order valence-corrected chi connectivity index (χ4v) is 12.7. The van der Waals surface area contributed by atoms with Crippen LogP contribution < -0.4 is 5.32 Å². The zero-order valence-electron chi connectivity index (χ0n) is 55.7. The molecule has 19 heteroatoms. The lowest BCUT2D eigenvalue weighted by Crippen LogP contribution is -2.66. The molecule has 0 aromatic heterocycles. The maximum absolute atomic E-state index is 13.2. The van der Waals surface area contributed by atoms with E-state index in [0.29, 0.717) is 12.8 Å². The van der Waals surface area contributed by atoms with E-state index in [4.69, 9.17) is 28.4 Å². The highest BCUT2D eigenvalue weighted by molar-refractivity contribution is 5.76. The van der Waals surface area contributed by atoms with Gasteiger partial charge in [-0.1, -0.05) is 289 Å². The van der Waals surface area contributed by atoms with Crippen molar-refractivity contribution in [3.8, 4) is 0 Å². The van der Waals surface area contributed by atoms with Gasteiger partial charge in [-0.3, -0.25) is 4.79 Å². The molecule has 3 aliphatic heterocycles. The number of unbranched alkanes of at least 4 members (excludes halogenated alkanes) is 41. The van der Waals surface area contributed by atoms with E-state index in [1.165, 1.54) is 231 Å². The summed E-state index contributed by atoms with van der Waals surface area (Å²) in [4.78, 5) is 13.2. The third-order valence-electron chi connectivity index (χ3n) is 18.6. The van der Waals surface area contributed by atoms with Crippen LogP contribution in [0.4, 0.5) is 0 Å². The van der Waals surface area contributed by atoms with Crippen molar-refractivity contribution >= 4 is 5.91 Å². The van der Waals surface area contributed by atoms with Crippen LogP contribution in [0.2, 0.25) is 0 Å². The average Bonchev–Trinajstić information content (AvgIpc) is 1.18. The molecule has 12 N–H and O–H groups in total. The third-order valence-corrected chi connectivity index (χ3v) is 18.6. The summed E-state index contributed by atoms with van der Waals surface area (Å²) in [6.07, 6.45) is 33.7. The van der Waals surface area contributed by atoms with E-state index in [1.54, 1.807) is 6.08 Å². The number of rotatable bonds is 57. The summed E-state index contributed by atoms with van der Waals surface area (Å²) in [6, 6.07) is -0.965. The highest BCUT2D eigenvalue weighted by atomic mass is 16.8. The fourth-order valence-electron chi connectivity index (χ4n) is 12.7. The Hall–Kier alpha value is -1.47. The Morgan fingerprint density at radius 1 is 0.393 bits per heavy atom. The molecule has 19 nitrogen and oxygen atoms in total. The second-order valence-electron chi connectivity index (χ2n) is 26.4. The van der Waals surface area contributed by atoms with Crippen LogP contribution in [0.25, 0.3) is 0 Å². The van der Waals surface area contributed by atoms with Crippen LogP contribution in [0.15, 0.2) is 12.2 Å². The van der Waals surface area contributed by atoms with Crippen molar-refractivity contribution in [2.24, 2.45) is 0 Å². The van der Waals surface area contributed by atoms with E-state index in [0.717, 1.165) is 32.1 Å². The molecule has 3 heterocycles. The van der Waals surface area contributed by atoms with Gasteiger partial charge in [0.25, 0.3) is 0 Å². The number of nitrogens with one attached hydrogen (secondary N) is 1. The van der Waals surface area contributed by atoms with Gasteiger partial charge in [0.1, 0.15) is 73.2 Å². The molecule has 526 valence electrons. The standard InChI is InChI=1S/C70H133NO18/c1-3-5-7-9-10-11-12-13-14-15-16-17-18-19-20-21-22-23-24-25-26-27-28-29-30-31-32-33-34-35-36-37-38-39-40-41-42-43-44-46-48-58(76)71-53(54(75)47-45-8-6-4-2)52-84-68-64(82)61(79)66(56(50-73)86-68)89-70-65(83)62(80)67(57(51-74)87-70)88-69-63(81)60(78)59(77)55(49-72)85-69/h45,47,53-57,59-70,72-75,77-83H,3-44,46,48-52H2,1-2H3,(H,71,76)/b47-45+. The van der Waals surface area contributed by atoms with Crippen molar-refractivity contribution in [3.63, 3.8) is 0 Å². The highest BCUT2D eigenvalue weighted by Crippen LogP contribution is 2.33. The van der Waals surface area contributed by atoms with Gasteiger partial charge in [0.05, 0.1) is 38.6 Å². The predicted molar refractivity (Wildman–Crippen MR) is 347 cm³/mol. The first kappa shape index (κ1) is 81.8. The maximum atomic E-state index is 13.2. The van der Waals surface area contributed by atoms with Gasteiger partial charge in [-0.2, -0.15) is 0 Å². The Kier molecular flexibility index (Phi) is 48.5. The summed E-state index contributed by atoms with van der Waals surface area (Å²) in [6.45, 7) is 1.58. The van der Waals surface area contributed by atoms with E-state index < -0.39 is 124 Å². The molecule has 17 unspecified atom stereocenters. The Bertz CT molecular complexity index is 1670. The molecule has 0 aliphatic carbocycles. The summed E-state index contributed by atoms with van der Waals surface area (Å²) in [7, 11) is 0. The van der Waals surface area contributed by atoms with Gasteiger partial charge >= 0.3 is 0 Å². The number of carbonyl (C=O) groups excluding carboxylic acids is 1. The zero-order valence-corrected chi connectivity index (χ0v) is 55.7. The van der Waals surface area contributed by atoms with Gasteiger partial charge in [0.15, 0.2) is 18.9 Å². The maximum Gasteiger partial charge on any atom is 0.220 e. The summed E-state index contributed by atoms with van der Waals surface area (Å²) >= 11 is 0. The van der Waals surface area contributed by atoms with E-state index in [2.05, 4.69) is 19.2 Å². The summed E-state index contributed by atoms with van der Waals surface area (Å²) in [5, 5.41) is 119. The normalized spacial score (nSPS) is 28.2. The summed E-state index contributed by atoms with van der Waals surface area (Å²) in [5.74, 6) is -0.279. The lowest BCUT2D eigenvalue weighted by atomic mass is 9.96. The predicted octanol–water partition coefficient (Wildman–Crippen LogP) is 10.1. The van der Waals surface area contributed by atoms with Crippen LogP contribution in [0, 0.1) is 0 Å². The second-order valence-corrected chi connectivity index (χ2v) is 26.4. The van der Waals surface area contributed by atoms with Gasteiger partial charge in [-0.15, -0.1) is 0 Å². The van der Waals surface area contributed by atoms with E-state index in [-0.39, 0.29) is 18.9 Å². The first-order valence-corrected chi connectivity index (χ1v) is 36.4. The quantitative estimate of drug-likeness (QED) is 0.0199. The Labute approximate surface area is 537 Å². The second kappa shape index (κ2) is 52.8. The SMILES string of the molecule is CCCC/C=C/C(O)C(COC1OC(CO)C(OC2OC(CO)C(OC3OC(CO)C(O)C(O)C3O)C(O)C2O)C(O)C1O)NC(=O)CCCCCCCCCCCCCCCCCCCCCCCCCCCCCCCCCCCCCCCCCC. The number of carbonyl (C=O) groups is 1. The summed E-state index contributed by atoms with van der Waals surface area (Å²) < 4.78 is 34.1. The van der Waals surface area contributed by atoms with Gasteiger partial charge < -0.3 is 89.9 Å². The van der Waals surface area contributed by atoms with Crippen molar-refractivity contribution in [2.75, 3.05) is 26.4 Å². The van der Waals surface area contributed by atoms with Crippen LogP contribution >= 0.6 is 0 Å². The Morgan fingerprint density at radius 2 is 0.697 bits per heavy atom. The van der Waals surface area contributed by atoms with Crippen molar-refractivity contribution in [1.29, 1.82) is 0 Å². The van der Waals surface area contributed by atoms with Gasteiger partial charge in [0.2, 0.25) is 5.91 Å². The number of hydrogen-bond acceptors (Lipinski definition) is 18.